The lowest BCUT2D eigenvalue weighted by atomic mass is 10.1. The van der Waals surface area contributed by atoms with Crippen LogP contribution in [0, 0.1) is 13.8 Å². The van der Waals surface area contributed by atoms with Crippen LogP contribution >= 0.6 is 0 Å². The van der Waals surface area contributed by atoms with E-state index < -0.39 is 18.0 Å². The molecule has 0 saturated carbocycles. The van der Waals surface area contributed by atoms with E-state index in [-0.39, 0.29) is 5.56 Å². The Kier molecular flexibility index (Phi) is 3.88. The van der Waals surface area contributed by atoms with Gasteiger partial charge in [0.2, 0.25) is 0 Å². The Morgan fingerprint density at radius 3 is 2.29 bits per heavy atom. The molecule has 0 aliphatic rings. The molecule has 1 aromatic heterocycles. The molecule has 1 atom stereocenters. The van der Waals surface area contributed by atoms with Gasteiger partial charge in [0.15, 0.2) is 0 Å². The van der Waals surface area contributed by atoms with Crippen LogP contribution in [0.3, 0.4) is 0 Å². The second-order valence-corrected chi connectivity index (χ2v) is 3.94. The van der Waals surface area contributed by atoms with E-state index in [1.54, 1.807) is 13.8 Å². The third kappa shape index (κ3) is 2.46. The van der Waals surface area contributed by atoms with E-state index in [0.717, 1.165) is 0 Å². The average Bonchev–Trinajstić information content (AvgIpc) is 2.50. The Hall–Kier alpha value is -1.85. The summed E-state index contributed by atoms with van der Waals surface area (Å²) in [6.45, 7) is 5.02. The minimum absolute atomic E-state index is 0.0901. The Morgan fingerprint density at radius 2 is 1.94 bits per heavy atom. The van der Waals surface area contributed by atoms with Gasteiger partial charge in [-0.15, -0.1) is 0 Å². The maximum atomic E-state index is 11.1. The number of hydrogen-bond donors (Lipinski definition) is 2. The third-order valence-corrected chi connectivity index (χ3v) is 2.68. The number of rotatable bonds is 5. The van der Waals surface area contributed by atoms with Gasteiger partial charge in [0.1, 0.15) is 11.6 Å². The summed E-state index contributed by atoms with van der Waals surface area (Å²) in [5.74, 6) is -2.07. The van der Waals surface area contributed by atoms with Crippen LogP contribution in [0.5, 0.6) is 0 Å². The Morgan fingerprint density at radius 1 is 1.35 bits per heavy atom. The van der Waals surface area contributed by atoms with Gasteiger partial charge in [0, 0.05) is 0 Å². The molecule has 0 bridgehead atoms. The number of aliphatic carboxylic acids is 1. The van der Waals surface area contributed by atoms with Gasteiger partial charge in [-0.1, -0.05) is 13.3 Å². The molecule has 0 saturated heterocycles. The summed E-state index contributed by atoms with van der Waals surface area (Å²) in [5.41, 5.74) is 0.820. The van der Waals surface area contributed by atoms with Crippen molar-refractivity contribution in [2.24, 2.45) is 0 Å². The van der Waals surface area contributed by atoms with E-state index in [1.807, 2.05) is 6.92 Å². The van der Waals surface area contributed by atoms with Crippen LogP contribution in [0.4, 0.5) is 0 Å². The topological polar surface area (TPSA) is 92.4 Å². The van der Waals surface area contributed by atoms with E-state index in [2.05, 4.69) is 5.10 Å². The van der Waals surface area contributed by atoms with Crippen LogP contribution in [0.15, 0.2) is 0 Å². The molecule has 94 valence electrons. The van der Waals surface area contributed by atoms with Crippen molar-refractivity contribution in [3.8, 4) is 0 Å². The van der Waals surface area contributed by atoms with Crippen molar-refractivity contribution in [2.75, 3.05) is 0 Å². The largest absolute Gasteiger partial charge is 0.480 e. The summed E-state index contributed by atoms with van der Waals surface area (Å²) in [5, 5.41) is 22.1. The molecule has 0 aliphatic heterocycles. The normalized spacial score (nSPS) is 12.4. The monoisotopic (exact) mass is 240 g/mol. The first kappa shape index (κ1) is 13.2. The van der Waals surface area contributed by atoms with E-state index in [4.69, 9.17) is 10.2 Å². The van der Waals surface area contributed by atoms with Crippen molar-refractivity contribution >= 4 is 11.9 Å². The quantitative estimate of drug-likeness (QED) is 0.815. The van der Waals surface area contributed by atoms with Crippen LogP contribution in [0.25, 0.3) is 0 Å². The van der Waals surface area contributed by atoms with Gasteiger partial charge in [0.25, 0.3) is 0 Å². The summed E-state index contributed by atoms with van der Waals surface area (Å²) in [6, 6.07) is -0.799. The molecule has 0 radical (unpaired) electrons. The fourth-order valence-corrected chi connectivity index (χ4v) is 1.90. The molecule has 6 nitrogen and oxygen atoms in total. The third-order valence-electron chi connectivity index (χ3n) is 2.68. The highest BCUT2D eigenvalue weighted by atomic mass is 16.4. The van der Waals surface area contributed by atoms with Crippen molar-refractivity contribution in [2.45, 2.75) is 39.7 Å². The van der Waals surface area contributed by atoms with Crippen molar-refractivity contribution in [3.05, 3.63) is 17.0 Å². The summed E-state index contributed by atoms with van der Waals surface area (Å²) in [4.78, 5) is 22.1. The van der Waals surface area contributed by atoms with E-state index in [0.29, 0.717) is 24.2 Å². The van der Waals surface area contributed by atoms with Crippen LogP contribution < -0.4 is 0 Å². The lowest BCUT2D eigenvalue weighted by Crippen LogP contribution is -2.21. The predicted molar refractivity (Wildman–Crippen MR) is 60.2 cm³/mol. The second-order valence-electron chi connectivity index (χ2n) is 3.94. The molecule has 0 spiro atoms. The number of carboxylic acids is 2. The van der Waals surface area contributed by atoms with Crippen LogP contribution in [0.1, 0.15) is 47.6 Å². The van der Waals surface area contributed by atoms with Crippen molar-refractivity contribution in [1.29, 1.82) is 0 Å². The van der Waals surface area contributed by atoms with Gasteiger partial charge < -0.3 is 10.2 Å². The number of aromatic nitrogens is 2. The SMILES string of the molecule is CCCC(C(=O)O)n1nc(C)c(C(=O)O)c1C. The lowest BCUT2D eigenvalue weighted by molar-refractivity contribution is -0.141. The molecule has 0 amide bonds. The molecule has 0 fully saturated rings. The second kappa shape index (κ2) is 4.99. The highest BCUT2D eigenvalue weighted by Gasteiger charge is 2.26. The molecule has 0 aliphatic carbocycles. The van der Waals surface area contributed by atoms with E-state index in [1.165, 1.54) is 4.68 Å². The molecule has 2 N–H and O–H groups in total. The first-order chi connectivity index (χ1) is 7.90. The summed E-state index contributed by atoms with van der Waals surface area (Å²) in [6.07, 6.45) is 1.12. The number of hydrogen-bond acceptors (Lipinski definition) is 3. The maximum absolute atomic E-state index is 11.1. The smallest absolute Gasteiger partial charge is 0.339 e. The molecule has 1 heterocycles. The number of carbonyl (C=O) groups is 2. The Balaban J connectivity index is 3.26. The van der Waals surface area contributed by atoms with Crippen molar-refractivity contribution < 1.29 is 19.8 Å². The van der Waals surface area contributed by atoms with E-state index in [9.17, 15) is 9.59 Å². The fraction of sp³-hybridized carbons (Fsp3) is 0.545. The van der Waals surface area contributed by atoms with E-state index >= 15 is 0 Å². The highest BCUT2D eigenvalue weighted by molar-refractivity contribution is 5.90. The predicted octanol–water partition coefficient (Wildman–Crippen LogP) is 1.62. The number of nitrogens with zero attached hydrogens (tertiary/aromatic N) is 2. The summed E-state index contributed by atoms with van der Waals surface area (Å²) >= 11 is 0. The molecule has 6 heteroatoms. The van der Waals surface area contributed by atoms with Gasteiger partial charge >= 0.3 is 11.9 Å². The van der Waals surface area contributed by atoms with Crippen LogP contribution in [-0.2, 0) is 4.79 Å². The zero-order valence-corrected chi connectivity index (χ0v) is 10.1. The molecular weight excluding hydrogens is 224 g/mol. The Bertz CT molecular complexity index is 451. The minimum atomic E-state index is -1.08. The van der Waals surface area contributed by atoms with Crippen molar-refractivity contribution in [3.63, 3.8) is 0 Å². The molecule has 1 rings (SSSR count). The summed E-state index contributed by atoms with van der Waals surface area (Å²) < 4.78 is 1.30. The van der Waals surface area contributed by atoms with Crippen molar-refractivity contribution in [1.82, 2.24) is 9.78 Å². The standard InChI is InChI=1S/C11H16N2O4/c1-4-5-8(10(14)15)13-7(3)9(11(16)17)6(2)12-13/h8H,4-5H2,1-3H3,(H,14,15)(H,16,17). The van der Waals surface area contributed by atoms with Gasteiger partial charge in [-0.05, 0) is 20.3 Å². The van der Waals surface area contributed by atoms with Gasteiger partial charge in [-0.3, -0.25) is 4.68 Å². The Labute approximate surface area is 98.9 Å². The molecular formula is C11H16N2O4. The zero-order chi connectivity index (χ0) is 13.2. The molecule has 1 aromatic rings. The number of aryl methyl sites for hydroxylation is 1. The first-order valence-corrected chi connectivity index (χ1v) is 5.41. The van der Waals surface area contributed by atoms with Gasteiger partial charge in [-0.2, -0.15) is 5.10 Å². The minimum Gasteiger partial charge on any atom is -0.480 e. The van der Waals surface area contributed by atoms with Crippen LogP contribution in [-0.4, -0.2) is 31.9 Å². The van der Waals surface area contributed by atoms with Crippen LogP contribution in [0.2, 0.25) is 0 Å². The van der Waals surface area contributed by atoms with Gasteiger partial charge in [-0.25, -0.2) is 9.59 Å². The molecule has 0 aromatic carbocycles. The molecule has 17 heavy (non-hydrogen) atoms. The zero-order valence-electron chi connectivity index (χ0n) is 10.1. The maximum Gasteiger partial charge on any atom is 0.339 e. The number of carboxylic acid groups (broad SMARTS) is 2. The average molecular weight is 240 g/mol. The summed E-state index contributed by atoms with van der Waals surface area (Å²) in [7, 11) is 0. The molecule has 1 unspecified atom stereocenters. The highest BCUT2D eigenvalue weighted by Crippen LogP contribution is 2.21. The number of aromatic carboxylic acids is 1. The fourth-order valence-electron chi connectivity index (χ4n) is 1.90. The lowest BCUT2D eigenvalue weighted by Gasteiger charge is -2.13. The van der Waals surface area contributed by atoms with Gasteiger partial charge in [0.05, 0.1) is 11.4 Å². The first-order valence-electron chi connectivity index (χ1n) is 5.41.